The van der Waals surface area contributed by atoms with Crippen LogP contribution in [0.25, 0.3) is 0 Å². The summed E-state index contributed by atoms with van der Waals surface area (Å²) in [5.41, 5.74) is 0. The Labute approximate surface area is 129 Å². The zero-order chi connectivity index (χ0) is 14.6. The molecule has 20 heavy (non-hydrogen) atoms. The molecule has 1 saturated heterocycles. The van der Waals surface area contributed by atoms with E-state index < -0.39 is 0 Å². The molecule has 0 atom stereocenters. The molecule has 7 heteroatoms. The van der Waals surface area contributed by atoms with Crippen LogP contribution < -0.4 is 10.2 Å². The molecule has 2 heterocycles. The van der Waals surface area contributed by atoms with Gasteiger partial charge in [-0.3, -0.25) is 0 Å². The van der Waals surface area contributed by atoms with E-state index in [4.69, 9.17) is 11.6 Å². The van der Waals surface area contributed by atoms with Crippen molar-refractivity contribution in [2.45, 2.75) is 38.4 Å². The molecule has 5 nitrogen and oxygen atoms in total. The van der Waals surface area contributed by atoms with Crippen molar-refractivity contribution in [1.82, 2.24) is 15.0 Å². The summed E-state index contributed by atoms with van der Waals surface area (Å²) in [7, 11) is 0. The average molecular weight is 316 g/mol. The van der Waals surface area contributed by atoms with Crippen molar-refractivity contribution in [2.75, 3.05) is 35.6 Å². The highest BCUT2D eigenvalue weighted by Gasteiger charge is 2.25. The Hall–Kier alpha value is -0.750. The molecule has 0 aromatic carbocycles. The molecule has 0 aliphatic carbocycles. The Kier molecular flexibility index (Phi) is 5.32. The monoisotopic (exact) mass is 315 g/mol. The van der Waals surface area contributed by atoms with Crippen LogP contribution >= 0.6 is 23.4 Å². The fourth-order valence-electron chi connectivity index (χ4n) is 2.02. The lowest BCUT2D eigenvalue weighted by molar-refractivity contribution is 0.631. The van der Waals surface area contributed by atoms with E-state index in [9.17, 15) is 0 Å². The van der Waals surface area contributed by atoms with Crippen molar-refractivity contribution in [2.24, 2.45) is 0 Å². The van der Waals surface area contributed by atoms with Gasteiger partial charge in [-0.25, -0.2) is 0 Å². The van der Waals surface area contributed by atoms with Gasteiger partial charge in [0.25, 0.3) is 0 Å². The minimum absolute atomic E-state index is 0.254. The highest BCUT2D eigenvalue weighted by atomic mass is 35.5. The van der Waals surface area contributed by atoms with Crippen molar-refractivity contribution >= 4 is 35.3 Å². The maximum absolute atomic E-state index is 6.01. The maximum Gasteiger partial charge on any atom is 0.231 e. The number of hydrogen-bond donors (Lipinski definition) is 1. The van der Waals surface area contributed by atoms with Crippen LogP contribution in [-0.2, 0) is 0 Å². The molecule has 0 amide bonds. The second-order valence-corrected chi connectivity index (χ2v) is 7.64. The third kappa shape index (κ3) is 4.38. The van der Waals surface area contributed by atoms with Crippen LogP contribution in [0.4, 0.5) is 11.9 Å². The number of anilines is 2. The lowest BCUT2D eigenvalue weighted by Crippen LogP contribution is -2.29. The molecule has 0 radical (unpaired) electrons. The van der Waals surface area contributed by atoms with Crippen LogP contribution in [0.2, 0.25) is 5.28 Å². The number of rotatable bonds is 4. The Morgan fingerprint density at radius 2 is 2.10 bits per heavy atom. The van der Waals surface area contributed by atoms with Crippen LogP contribution in [0.5, 0.6) is 0 Å². The summed E-state index contributed by atoms with van der Waals surface area (Å²) >= 11 is 8.01. The Morgan fingerprint density at radius 3 is 2.85 bits per heavy atom. The van der Waals surface area contributed by atoms with Crippen LogP contribution in [0.15, 0.2) is 0 Å². The molecule has 0 unspecified atom stereocenters. The van der Waals surface area contributed by atoms with Gasteiger partial charge in [0.15, 0.2) is 0 Å². The van der Waals surface area contributed by atoms with E-state index in [1.165, 1.54) is 0 Å². The Balaban J connectivity index is 2.13. The predicted molar refractivity (Wildman–Crippen MR) is 87.0 cm³/mol. The molecule has 1 aliphatic heterocycles. The molecule has 0 spiro atoms. The standard InChI is InChI=1S/C13H22ClN5S/c1-4-6-15-11-16-10(14)17-12(18-11)19-7-5-13(2,3)20-9-8-19/h4-9H2,1-3H3,(H,15,16,17,18). The third-order valence-electron chi connectivity index (χ3n) is 3.25. The molecule has 2 rings (SSSR count). The highest BCUT2D eigenvalue weighted by molar-refractivity contribution is 8.00. The molecule has 0 saturated carbocycles. The number of halogens is 1. The number of thioether (sulfide) groups is 1. The molecular weight excluding hydrogens is 294 g/mol. The SMILES string of the molecule is CCCNc1nc(Cl)nc(N2CCSC(C)(C)CC2)n1. The first kappa shape index (κ1) is 15.6. The number of nitrogens with zero attached hydrogens (tertiary/aromatic N) is 4. The second-order valence-electron chi connectivity index (χ2n) is 5.50. The minimum Gasteiger partial charge on any atom is -0.354 e. The largest absolute Gasteiger partial charge is 0.354 e. The van der Waals surface area contributed by atoms with Crippen molar-refractivity contribution < 1.29 is 0 Å². The van der Waals surface area contributed by atoms with Gasteiger partial charge in [0.2, 0.25) is 17.2 Å². The summed E-state index contributed by atoms with van der Waals surface area (Å²) in [6, 6.07) is 0. The molecular formula is C13H22ClN5S. The summed E-state index contributed by atoms with van der Waals surface area (Å²) < 4.78 is 0.314. The van der Waals surface area contributed by atoms with Gasteiger partial charge in [-0.1, -0.05) is 20.8 Å². The molecule has 1 aromatic heterocycles. The van der Waals surface area contributed by atoms with Gasteiger partial charge in [0.1, 0.15) is 0 Å². The summed E-state index contributed by atoms with van der Waals surface area (Å²) in [4.78, 5) is 15.1. The molecule has 1 aliphatic rings. The highest BCUT2D eigenvalue weighted by Crippen LogP contribution is 2.31. The van der Waals surface area contributed by atoms with Crippen molar-refractivity contribution in [3.63, 3.8) is 0 Å². The Bertz CT molecular complexity index is 454. The van der Waals surface area contributed by atoms with Gasteiger partial charge in [-0.15, -0.1) is 0 Å². The van der Waals surface area contributed by atoms with Gasteiger partial charge in [0.05, 0.1) is 0 Å². The topological polar surface area (TPSA) is 53.9 Å². The number of hydrogen-bond acceptors (Lipinski definition) is 6. The average Bonchev–Trinajstić information content (AvgIpc) is 2.57. The first-order valence-corrected chi connectivity index (χ1v) is 8.41. The van der Waals surface area contributed by atoms with Crippen LogP contribution in [0, 0.1) is 0 Å². The molecule has 112 valence electrons. The van der Waals surface area contributed by atoms with E-state index in [1.54, 1.807) is 0 Å². The van der Waals surface area contributed by atoms with Gasteiger partial charge < -0.3 is 10.2 Å². The van der Waals surface area contributed by atoms with Gasteiger partial charge in [0, 0.05) is 30.1 Å². The smallest absolute Gasteiger partial charge is 0.231 e. The van der Waals surface area contributed by atoms with Crippen LogP contribution in [-0.4, -0.2) is 45.1 Å². The lowest BCUT2D eigenvalue weighted by Gasteiger charge is -2.22. The first-order chi connectivity index (χ1) is 9.50. The van der Waals surface area contributed by atoms with Gasteiger partial charge >= 0.3 is 0 Å². The molecule has 1 N–H and O–H groups in total. The summed E-state index contributed by atoms with van der Waals surface area (Å²) in [6.07, 6.45) is 2.13. The Morgan fingerprint density at radius 1 is 1.30 bits per heavy atom. The summed E-state index contributed by atoms with van der Waals surface area (Å²) in [5.74, 6) is 2.33. The van der Waals surface area contributed by atoms with E-state index >= 15 is 0 Å². The fraction of sp³-hybridized carbons (Fsp3) is 0.769. The van der Waals surface area contributed by atoms with Gasteiger partial charge in [-0.2, -0.15) is 26.7 Å². The zero-order valence-corrected chi connectivity index (χ0v) is 13.9. The normalized spacial score (nSPS) is 18.7. The van der Waals surface area contributed by atoms with Crippen LogP contribution in [0.3, 0.4) is 0 Å². The van der Waals surface area contributed by atoms with Crippen LogP contribution in [0.1, 0.15) is 33.6 Å². The van der Waals surface area contributed by atoms with E-state index in [1.807, 2.05) is 11.8 Å². The number of aromatic nitrogens is 3. The van der Waals surface area contributed by atoms with Gasteiger partial charge in [-0.05, 0) is 24.4 Å². The first-order valence-electron chi connectivity index (χ1n) is 7.04. The summed E-state index contributed by atoms with van der Waals surface area (Å²) in [5, 5.41) is 3.42. The maximum atomic E-state index is 6.01. The van der Waals surface area contributed by atoms with Crippen molar-refractivity contribution in [1.29, 1.82) is 0 Å². The van der Waals surface area contributed by atoms with E-state index in [0.717, 1.165) is 38.2 Å². The van der Waals surface area contributed by atoms with Crippen molar-refractivity contribution in [3.05, 3.63) is 5.28 Å². The predicted octanol–water partition coefficient (Wildman–Crippen LogP) is 3.07. The molecule has 0 bridgehead atoms. The fourth-order valence-corrected chi connectivity index (χ4v) is 3.27. The van der Waals surface area contributed by atoms with Crippen molar-refractivity contribution in [3.8, 4) is 0 Å². The quantitative estimate of drug-likeness (QED) is 0.921. The summed E-state index contributed by atoms with van der Waals surface area (Å²) in [6.45, 7) is 9.41. The van der Waals surface area contributed by atoms with E-state index in [2.05, 4.69) is 45.9 Å². The third-order valence-corrected chi connectivity index (χ3v) is 4.79. The second kappa shape index (κ2) is 6.80. The minimum atomic E-state index is 0.254. The van der Waals surface area contributed by atoms with E-state index in [0.29, 0.717) is 16.6 Å². The zero-order valence-electron chi connectivity index (χ0n) is 12.3. The number of nitrogens with one attached hydrogen (secondary N) is 1. The molecule has 1 aromatic rings. The molecule has 1 fully saturated rings. The lowest BCUT2D eigenvalue weighted by atomic mass is 10.1. The van der Waals surface area contributed by atoms with E-state index in [-0.39, 0.29) is 5.28 Å².